The van der Waals surface area contributed by atoms with Gasteiger partial charge in [-0.15, -0.1) is 0 Å². The van der Waals surface area contributed by atoms with Gasteiger partial charge in [0.1, 0.15) is 11.5 Å². The first-order chi connectivity index (χ1) is 11.1. The third kappa shape index (κ3) is 4.75. The second-order valence-corrected chi connectivity index (χ2v) is 5.26. The Morgan fingerprint density at radius 2 is 2.04 bits per heavy atom. The van der Waals surface area contributed by atoms with Gasteiger partial charge in [-0.05, 0) is 37.5 Å². The van der Waals surface area contributed by atoms with E-state index in [1.807, 2.05) is 32.0 Å². The standard InChI is InChI=1S/C17H22N4O2/c1-12-6-4-7-14(13(12)2)21-17(22)15-10-20-16(11-19-15)18-8-5-9-23-3/h4,6-7,10-11H,5,8-9H2,1-3H3,(H,18,20)(H,21,22). The average molecular weight is 314 g/mol. The summed E-state index contributed by atoms with van der Waals surface area (Å²) in [5.41, 5.74) is 3.25. The van der Waals surface area contributed by atoms with E-state index in [-0.39, 0.29) is 11.6 Å². The van der Waals surface area contributed by atoms with Gasteiger partial charge in [0, 0.05) is 25.9 Å². The highest BCUT2D eigenvalue weighted by molar-refractivity contribution is 6.03. The van der Waals surface area contributed by atoms with Crippen LogP contribution in [-0.4, -0.2) is 36.1 Å². The number of amides is 1. The highest BCUT2D eigenvalue weighted by Gasteiger charge is 2.10. The number of hydrogen-bond acceptors (Lipinski definition) is 5. The van der Waals surface area contributed by atoms with Crippen molar-refractivity contribution in [2.45, 2.75) is 20.3 Å². The van der Waals surface area contributed by atoms with E-state index in [2.05, 4.69) is 20.6 Å². The summed E-state index contributed by atoms with van der Waals surface area (Å²) >= 11 is 0. The summed E-state index contributed by atoms with van der Waals surface area (Å²) < 4.78 is 4.98. The Balaban J connectivity index is 1.96. The third-order valence-electron chi connectivity index (χ3n) is 3.57. The lowest BCUT2D eigenvalue weighted by Crippen LogP contribution is -2.15. The van der Waals surface area contributed by atoms with Crippen molar-refractivity contribution in [2.75, 3.05) is 30.9 Å². The molecule has 0 aliphatic rings. The van der Waals surface area contributed by atoms with Crippen LogP contribution in [-0.2, 0) is 4.74 Å². The fourth-order valence-electron chi connectivity index (χ4n) is 2.04. The van der Waals surface area contributed by atoms with E-state index in [0.29, 0.717) is 12.4 Å². The van der Waals surface area contributed by atoms with Gasteiger partial charge in [-0.2, -0.15) is 0 Å². The van der Waals surface area contributed by atoms with Crippen molar-refractivity contribution in [2.24, 2.45) is 0 Å². The Bertz CT molecular complexity index is 656. The van der Waals surface area contributed by atoms with Gasteiger partial charge in [-0.1, -0.05) is 12.1 Å². The predicted octanol–water partition coefficient (Wildman–Crippen LogP) is 2.79. The molecule has 0 aliphatic heterocycles. The van der Waals surface area contributed by atoms with Crippen molar-refractivity contribution in [3.8, 4) is 0 Å². The number of aromatic nitrogens is 2. The van der Waals surface area contributed by atoms with Crippen LogP contribution in [0.25, 0.3) is 0 Å². The van der Waals surface area contributed by atoms with Crippen LogP contribution >= 0.6 is 0 Å². The molecule has 122 valence electrons. The second-order valence-electron chi connectivity index (χ2n) is 5.26. The Kier molecular flexibility index (Phi) is 6.05. The SMILES string of the molecule is COCCCNc1cnc(C(=O)Nc2cccc(C)c2C)cn1. The van der Waals surface area contributed by atoms with Crippen LogP contribution in [0.5, 0.6) is 0 Å². The molecule has 6 heteroatoms. The number of carbonyl (C=O) groups is 1. The number of ether oxygens (including phenoxy) is 1. The number of carbonyl (C=O) groups excluding carboxylic acids is 1. The minimum Gasteiger partial charge on any atom is -0.385 e. The average Bonchev–Trinajstić information content (AvgIpc) is 2.56. The molecule has 6 nitrogen and oxygen atoms in total. The van der Waals surface area contributed by atoms with Crippen LogP contribution in [0.4, 0.5) is 11.5 Å². The highest BCUT2D eigenvalue weighted by Crippen LogP contribution is 2.18. The molecule has 1 aromatic carbocycles. The number of aryl methyl sites for hydroxylation is 1. The van der Waals surface area contributed by atoms with E-state index < -0.39 is 0 Å². The fraction of sp³-hybridized carbons (Fsp3) is 0.353. The Morgan fingerprint density at radius 1 is 1.22 bits per heavy atom. The fourth-order valence-corrected chi connectivity index (χ4v) is 2.04. The number of nitrogens with one attached hydrogen (secondary N) is 2. The van der Waals surface area contributed by atoms with Crippen LogP contribution in [0.3, 0.4) is 0 Å². The lowest BCUT2D eigenvalue weighted by molar-refractivity contribution is 0.102. The van der Waals surface area contributed by atoms with Crippen molar-refractivity contribution >= 4 is 17.4 Å². The molecule has 0 radical (unpaired) electrons. The van der Waals surface area contributed by atoms with Crippen LogP contribution in [0, 0.1) is 13.8 Å². The molecule has 0 unspecified atom stereocenters. The maximum Gasteiger partial charge on any atom is 0.275 e. The van der Waals surface area contributed by atoms with E-state index in [9.17, 15) is 4.79 Å². The molecule has 23 heavy (non-hydrogen) atoms. The van der Waals surface area contributed by atoms with Crippen molar-refractivity contribution < 1.29 is 9.53 Å². The van der Waals surface area contributed by atoms with E-state index in [4.69, 9.17) is 4.74 Å². The van der Waals surface area contributed by atoms with Gasteiger partial charge in [-0.25, -0.2) is 9.97 Å². The highest BCUT2D eigenvalue weighted by atomic mass is 16.5. The van der Waals surface area contributed by atoms with Gasteiger partial charge in [0.25, 0.3) is 5.91 Å². The van der Waals surface area contributed by atoms with E-state index in [1.165, 1.54) is 6.20 Å². The van der Waals surface area contributed by atoms with E-state index in [0.717, 1.165) is 29.8 Å². The zero-order valence-electron chi connectivity index (χ0n) is 13.7. The van der Waals surface area contributed by atoms with Crippen LogP contribution in [0.1, 0.15) is 28.0 Å². The molecule has 2 rings (SSSR count). The Hall–Kier alpha value is -2.47. The molecule has 2 aromatic rings. The molecule has 0 saturated heterocycles. The first kappa shape index (κ1) is 16.9. The van der Waals surface area contributed by atoms with Gasteiger partial charge >= 0.3 is 0 Å². The second kappa shape index (κ2) is 8.24. The lowest BCUT2D eigenvalue weighted by Gasteiger charge is -2.10. The van der Waals surface area contributed by atoms with Crippen LogP contribution in [0.2, 0.25) is 0 Å². The molecule has 1 heterocycles. The number of methoxy groups -OCH3 is 1. The molecular formula is C17H22N4O2. The summed E-state index contributed by atoms with van der Waals surface area (Å²) in [4.78, 5) is 20.6. The molecular weight excluding hydrogens is 292 g/mol. The van der Waals surface area contributed by atoms with Crippen molar-refractivity contribution in [3.63, 3.8) is 0 Å². The molecule has 1 aromatic heterocycles. The zero-order chi connectivity index (χ0) is 16.7. The summed E-state index contributed by atoms with van der Waals surface area (Å²) in [5, 5.41) is 5.99. The maximum absolute atomic E-state index is 12.2. The van der Waals surface area contributed by atoms with E-state index in [1.54, 1.807) is 13.3 Å². The number of hydrogen-bond donors (Lipinski definition) is 2. The van der Waals surface area contributed by atoms with Crippen molar-refractivity contribution in [1.29, 1.82) is 0 Å². The van der Waals surface area contributed by atoms with Gasteiger partial charge in [0.15, 0.2) is 0 Å². The summed E-state index contributed by atoms with van der Waals surface area (Å²) in [7, 11) is 1.67. The minimum absolute atomic E-state index is 0.267. The summed E-state index contributed by atoms with van der Waals surface area (Å²) in [5.74, 6) is 0.376. The van der Waals surface area contributed by atoms with Crippen molar-refractivity contribution in [3.05, 3.63) is 47.4 Å². The predicted molar refractivity (Wildman–Crippen MR) is 90.9 cm³/mol. The quantitative estimate of drug-likeness (QED) is 0.769. The molecule has 0 bridgehead atoms. The molecule has 0 fully saturated rings. The minimum atomic E-state index is -0.267. The van der Waals surface area contributed by atoms with Crippen LogP contribution in [0.15, 0.2) is 30.6 Å². The zero-order valence-corrected chi connectivity index (χ0v) is 13.7. The Labute approximate surface area is 136 Å². The monoisotopic (exact) mass is 314 g/mol. The molecule has 2 N–H and O–H groups in total. The first-order valence-electron chi connectivity index (χ1n) is 7.54. The third-order valence-corrected chi connectivity index (χ3v) is 3.57. The topological polar surface area (TPSA) is 76.1 Å². The summed E-state index contributed by atoms with van der Waals surface area (Å²) in [6, 6.07) is 5.80. The molecule has 0 atom stereocenters. The molecule has 0 aliphatic carbocycles. The summed E-state index contributed by atoms with van der Waals surface area (Å²) in [6.07, 6.45) is 3.91. The van der Waals surface area contributed by atoms with Gasteiger partial charge in [0.2, 0.25) is 0 Å². The number of rotatable bonds is 7. The van der Waals surface area contributed by atoms with Crippen molar-refractivity contribution in [1.82, 2.24) is 9.97 Å². The largest absolute Gasteiger partial charge is 0.385 e. The summed E-state index contributed by atoms with van der Waals surface area (Å²) in [6.45, 7) is 5.42. The Morgan fingerprint density at radius 3 is 2.74 bits per heavy atom. The molecule has 0 spiro atoms. The normalized spacial score (nSPS) is 10.4. The van der Waals surface area contributed by atoms with Crippen LogP contribution < -0.4 is 10.6 Å². The van der Waals surface area contributed by atoms with E-state index >= 15 is 0 Å². The maximum atomic E-state index is 12.2. The number of nitrogens with zero attached hydrogens (tertiary/aromatic N) is 2. The van der Waals surface area contributed by atoms with Gasteiger partial charge in [-0.3, -0.25) is 4.79 Å². The smallest absolute Gasteiger partial charge is 0.275 e. The molecule has 1 amide bonds. The lowest BCUT2D eigenvalue weighted by atomic mass is 10.1. The first-order valence-corrected chi connectivity index (χ1v) is 7.54. The molecule has 0 saturated carbocycles. The van der Waals surface area contributed by atoms with Gasteiger partial charge in [0.05, 0.1) is 12.4 Å². The number of anilines is 2. The van der Waals surface area contributed by atoms with Gasteiger partial charge < -0.3 is 15.4 Å². The number of benzene rings is 1.